The van der Waals surface area contributed by atoms with Crippen molar-refractivity contribution in [1.29, 1.82) is 0 Å². The van der Waals surface area contributed by atoms with Gasteiger partial charge in [0.15, 0.2) is 11.7 Å². The van der Waals surface area contributed by atoms with Crippen molar-refractivity contribution in [2.75, 3.05) is 31.6 Å². The van der Waals surface area contributed by atoms with Crippen LogP contribution in [0.4, 0.5) is 10.9 Å². The number of carbonyl (C=O) groups excluding carboxylic acids is 3. The average molecular weight is 529 g/mol. The van der Waals surface area contributed by atoms with Crippen LogP contribution in [-0.4, -0.2) is 74.8 Å². The van der Waals surface area contributed by atoms with E-state index in [2.05, 4.69) is 17.2 Å². The van der Waals surface area contributed by atoms with E-state index >= 15 is 0 Å². The molecule has 0 radical (unpaired) electrons. The summed E-state index contributed by atoms with van der Waals surface area (Å²) in [5.74, 6) is 0.856. The second-order valence-corrected chi connectivity index (χ2v) is 10.9. The number of piperidine rings is 2. The summed E-state index contributed by atoms with van der Waals surface area (Å²) in [5, 5.41) is 4.16. The second-order valence-electron chi connectivity index (χ2n) is 9.74. The van der Waals surface area contributed by atoms with E-state index in [9.17, 15) is 14.4 Å². The van der Waals surface area contributed by atoms with Crippen LogP contribution in [0.1, 0.15) is 74.7 Å². The zero-order valence-electron chi connectivity index (χ0n) is 21.9. The first-order valence-corrected chi connectivity index (χ1v) is 13.9. The van der Waals surface area contributed by atoms with E-state index in [0.717, 1.165) is 61.0 Å². The molecule has 0 aromatic carbocycles. The van der Waals surface area contributed by atoms with Gasteiger partial charge in [-0.25, -0.2) is 15.0 Å². The minimum Gasteiger partial charge on any atom is -0.456 e. The summed E-state index contributed by atoms with van der Waals surface area (Å²) < 4.78 is 4.88. The molecule has 2 saturated heterocycles. The van der Waals surface area contributed by atoms with Gasteiger partial charge >= 0.3 is 5.97 Å². The Morgan fingerprint density at radius 1 is 1.14 bits per heavy atom. The Morgan fingerprint density at radius 2 is 1.92 bits per heavy atom. The number of ether oxygens (including phenoxy) is 1. The number of hydrogen-bond donors (Lipinski definition) is 1. The standard InChI is InChI=1S/C26H36N6O4S/c1-4-7-20-15-27-26(37-20)30-22-14-17(2)28-24(29-22)19-9-12-31(13-10-19)25(35)21-8-5-6-11-32(21)23(34)16-36-18(3)33/h14-15,19,21H,4-13,16H2,1-3H3,(H,27,28,29,30). The van der Waals surface area contributed by atoms with Gasteiger partial charge in [0.05, 0.1) is 0 Å². The summed E-state index contributed by atoms with van der Waals surface area (Å²) in [6.07, 6.45) is 7.93. The highest BCUT2D eigenvalue weighted by Crippen LogP contribution is 2.30. The first-order valence-electron chi connectivity index (χ1n) is 13.1. The van der Waals surface area contributed by atoms with Crippen molar-refractivity contribution >= 4 is 40.1 Å². The summed E-state index contributed by atoms with van der Waals surface area (Å²) in [5.41, 5.74) is 0.889. The molecule has 0 bridgehead atoms. The Kier molecular flexibility index (Phi) is 9.07. The van der Waals surface area contributed by atoms with Crippen LogP contribution in [0.3, 0.4) is 0 Å². The fourth-order valence-corrected chi connectivity index (χ4v) is 5.90. The fraction of sp³-hybridized carbons (Fsp3) is 0.615. The van der Waals surface area contributed by atoms with Gasteiger partial charge in [-0.05, 0) is 45.4 Å². The maximum atomic E-state index is 13.4. The lowest BCUT2D eigenvalue weighted by molar-refractivity contribution is -0.155. The van der Waals surface area contributed by atoms with Crippen LogP contribution in [-0.2, 0) is 25.5 Å². The smallest absolute Gasteiger partial charge is 0.303 e. The minimum absolute atomic E-state index is 0.0199. The molecule has 1 N–H and O–H groups in total. The van der Waals surface area contributed by atoms with E-state index < -0.39 is 12.0 Å². The zero-order chi connectivity index (χ0) is 26.4. The molecule has 1 atom stereocenters. The average Bonchev–Trinajstić information content (AvgIpc) is 3.33. The van der Waals surface area contributed by atoms with Crippen LogP contribution in [0.25, 0.3) is 0 Å². The lowest BCUT2D eigenvalue weighted by Gasteiger charge is -2.39. The van der Waals surface area contributed by atoms with Crippen molar-refractivity contribution in [2.45, 2.75) is 77.7 Å². The van der Waals surface area contributed by atoms with Gasteiger partial charge in [0.25, 0.3) is 5.91 Å². The number of thiazole rings is 1. The third kappa shape index (κ3) is 7.03. The number of carbonyl (C=O) groups is 3. The SMILES string of the molecule is CCCc1cnc(Nc2cc(C)nc(C3CCN(C(=O)C4CCCCN4C(=O)COC(C)=O)CC3)n2)s1. The van der Waals surface area contributed by atoms with Crippen molar-refractivity contribution < 1.29 is 19.1 Å². The summed E-state index contributed by atoms with van der Waals surface area (Å²) in [7, 11) is 0. The summed E-state index contributed by atoms with van der Waals surface area (Å²) in [6.45, 7) is 6.78. The van der Waals surface area contributed by atoms with E-state index in [1.54, 1.807) is 16.2 Å². The van der Waals surface area contributed by atoms with E-state index in [1.165, 1.54) is 11.8 Å². The molecule has 0 aliphatic carbocycles. The molecule has 37 heavy (non-hydrogen) atoms. The third-order valence-electron chi connectivity index (χ3n) is 6.84. The van der Waals surface area contributed by atoms with Gasteiger partial charge in [-0.2, -0.15) is 0 Å². The summed E-state index contributed by atoms with van der Waals surface area (Å²) in [6, 6.07) is 1.43. The number of rotatable bonds is 8. The molecule has 10 nitrogen and oxygen atoms in total. The van der Waals surface area contributed by atoms with E-state index in [-0.39, 0.29) is 24.3 Å². The van der Waals surface area contributed by atoms with E-state index in [0.29, 0.717) is 26.1 Å². The molecule has 0 spiro atoms. The highest BCUT2D eigenvalue weighted by Gasteiger charge is 2.36. The predicted molar refractivity (Wildman–Crippen MR) is 141 cm³/mol. The van der Waals surface area contributed by atoms with Gasteiger partial charge in [0.2, 0.25) is 5.91 Å². The number of amides is 2. The maximum absolute atomic E-state index is 13.4. The van der Waals surface area contributed by atoms with Crippen molar-refractivity contribution in [3.63, 3.8) is 0 Å². The molecule has 11 heteroatoms. The Bertz CT molecular complexity index is 1110. The molecule has 4 heterocycles. The Labute approximate surface area is 221 Å². The van der Waals surface area contributed by atoms with E-state index in [1.807, 2.05) is 24.1 Å². The number of anilines is 2. The van der Waals surface area contributed by atoms with Crippen molar-refractivity contribution in [2.24, 2.45) is 0 Å². The number of nitrogens with zero attached hydrogens (tertiary/aromatic N) is 5. The quantitative estimate of drug-likeness (QED) is 0.517. The van der Waals surface area contributed by atoms with Crippen LogP contribution >= 0.6 is 11.3 Å². The first-order chi connectivity index (χ1) is 17.8. The predicted octanol–water partition coefficient (Wildman–Crippen LogP) is 3.59. The van der Waals surface area contributed by atoms with E-state index in [4.69, 9.17) is 14.7 Å². The molecule has 200 valence electrons. The molecular weight excluding hydrogens is 492 g/mol. The van der Waals surface area contributed by atoms with Gasteiger partial charge in [-0.15, -0.1) is 11.3 Å². The lowest BCUT2D eigenvalue weighted by atomic mass is 9.94. The van der Waals surface area contributed by atoms with Crippen molar-refractivity contribution in [1.82, 2.24) is 24.8 Å². The molecule has 2 aliphatic heterocycles. The minimum atomic E-state index is -0.500. The molecule has 1 unspecified atom stereocenters. The number of nitrogens with one attached hydrogen (secondary N) is 1. The molecule has 2 aromatic heterocycles. The van der Waals surface area contributed by atoms with Crippen molar-refractivity contribution in [3.8, 4) is 0 Å². The molecule has 2 aliphatic rings. The molecule has 2 aromatic rings. The topological polar surface area (TPSA) is 118 Å². The second kappa shape index (κ2) is 12.4. The van der Waals surface area contributed by atoms with Crippen LogP contribution in [0, 0.1) is 6.92 Å². The zero-order valence-corrected chi connectivity index (χ0v) is 22.7. The molecular formula is C26H36N6O4S. The number of hydrogen-bond acceptors (Lipinski definition) is 9. The van der Waals surface area contributed by atoms with Crippen molar-refractivity contribution in [3.05, 3.63) is 28.7 Å². The monoisotopic (exact) mass is 528 g/mol. The van der Waals surface area contributed by atoms with Gasteiger partial charge < -0.3 is 19.9 Å². The molecule has 0 saturated carbocycles. The highest BCUT2D eigenvalue weighted by molar-refractivity contribution is 7.15. The number of esters is 1. The van der Waals surface area contributed by atoms with Gasteiger partial charge in [-0.3, -0.25) is 14.4 Å². The third-order valence-corrected chi connectivity index (χ3v) is 7.81. The normalized spacial score (nSPS) is 18.5. The van der Waals surface area contributed by atoms with Crippen LogP contribution in [0.2, 0.25) is 0 Å². The Hall–Kier alpha value is -3.08. The van der Waals surface area contributed by atoms with Gasteiger partial charge in [0, 0.05) is 55.3 Å². The highest BCUT2D eigenvalue weighted by atomic mass is 32.1. The Morgan fingerprint density at radius 3 is 2.65 bits per heavy atom. The molecule has 2 fully saturated rings. The van der Waals surface area contributed by atoms with Gasteiger partial charge in [-0.1, -0.05) is 13.3 Å². The number of likely N-dealkylation sites (tertiary alicyclic amines) is 2. The molecule has 2 amide bonds. The largest absolute Gasteiger partial charge is 0.456 e. The summed E-state index contributed by atoms with van der Waals surface area (Å²) >= 11 is 1.64. The van der Waals surface area contributed by atoms with Gasteiger partial charge in [0.1, 0.15) is 17.7 Å². The lowest BCUT2D eigenvalue weighted by Crippen LogP contribution is -2.55. The first kappa shape index (κ1) is 27.0. The fourth-order valence-electron chi connectivity index (χ4n) is 4.98. The number of aromatic nitrogens is 3. The van der Waals surface area contributed by atoms with Crippen LogP contribution < -0.4 is 5.32 Å². The van der Waals surface area contributed by atoms with Crippen LogP contribution in [0.15, 0.2) is 12.3 Å². The Balaban J connectivity index is 1.36. The van der Waals surface area contributed by atoms with Crippen LogP contribution in [0.5, 0.6) is 0 Å². The maximum Gasteiger partial charge on any atom is 0.303 e. The molecule has 4 rings (SSSR count). The summed E-state index contributed by atoms with van der Waals surface area (Å²) in [4.78, 5) is 55.8. The number of aryl methyl sites for hydroxylation is 2.